The largest absolute Gasteiger partial charge is 0.383 e. The van der Waals surface area contributed by atoms with Crippen LogP contribution in [0.5, 0.6) is 0 Å². The fourth-order valence-corrected chi connectivity index (χ4v) is 0.884. The monoisotopic (exact) mass is 159 g/mol. The summed E-state index contributed by atoms with van der Waals surface area (Å²) in [5.41, 5.74) is 0. The van der Waals surface area contributed by atoms with E-state index in [1.54, 1.807) is 7.11 Å². The minimum Gasteiger partial charge on any atom is -0.383 e. The molecule has 0 saturated heterocycles. The molecule has 0 aliphatic heterocycles. The highest BCUT2D eigenvalue weighted by molar-refractivity contribution is 5.49. The van der Waals surface area contributed by atoms with Gasteiger partial charge in [0.1, 0.15) is 6.29 Å². The second kappa shape index (κ2) is 7.69. The lowest BCUT2D eigenvalue weighted by atomic mass is 10.4. The molecule has 0 heterocycles. The molecule has 0 aliphatic carbocycles. The van der Waals surface area contributed by atoms with Crippen LogP contribution in [-0.4, -0.2) is 44.5 Å². The van der Waals surface area contributed by atoms with Gasteiger partial charge in [-0.1, -0.05) is 6.92 Å². The zero-order valence-electron chi connectivity index (χ0n) is 7.38. The van der Waals surface area contributed by atoms with E-state index in [0.717, 1.165) is 32.5 Å². The third kappa shape index (κ3) is 6.01. The van der Waals surface area contributed by atoms with E-state index < -0.39 is 0 Å². The van der Waals surface area contributed by atoms with E-state index in [1.807, 2.05) is 0 Å². The van der Waals surface area contributed by atoms with Crippen LogP contribution >= 0.6 is 0 Å². The standard InChI is InChI=1S/C8H17NO2/c1-3-9(5-4-7-10)6-8-11-2/h7H,3-6,8H2,1-2H3. The number of nitrogens with zero attached hydrogens (tertiary/aromatic N) is 1. The average molecular weight is 159 g/mol. The molecule has 11 heavy (non-hydrogen) atoms. The second-order valence-corrected chi connectivity index (χ2v) is 2.38. The molecule has 0 aromatic heterocycles. The van der Waals surface area contributed by atoms with Crippen molar-refractivity contribution >= 4 is 6.29 Å². The van der Waals surface area contributed by atoms with Crippen LogP contribution in [0, 0.1) is 0 Å². The molecule has 0 atom stereocenters. The van der Waals surface area contributed by atoms with Crippen molar-refractivity contribution in [2.45, 2.75) is 13.3 Å². The zero-order chi connectivity index (χ0) is 8.53. The number of rotatable bonds is 7. The lowest BCUT2D eigenvalue weighted by Gasteiger charge is -2.17. The number of likely N-dealkylation sites (N-methyl/N-ethyl adjacent to an activating group) is 1. The molecule has 0 bridgehead atoms. The predicted molar refractivity (Wildman–Crippen MR) is 44.7 cm³/mol. The fraction of sp³-hybridized carbons (Fsp3) is 0.875. The summed E-state index contributed by atoms with van der Waals surface area (Å²) in [6, 6.07) is 0. The Balaban J connectivity index is 3.32. The molecular formula is C8H17NO2. The maximum absolute atomic E-state index is 10.0. The van der Waals surface area contributed by atoms with Crippen LogP contribution in [0.1, 0.15) is 13.3 Å². The first kappa shape index (κ1) is 10.6. The Labute approximate surface area is 68.3 Å². The Morgan fingerprint density at radius 2 is 2.18 bits per heavy atom. The van der Waals surface area contributed by atoms with Crippen molar-refractivity contribution in [3.8, 4) is 0 Å². The molecule has 0 aliphatic rings. The molecule has 0 rings (SSSR count). The van der Waals surface area contributed by atoms with Crippen molar-refractivity contribution in [3.63, 3.8) is 0 Å². The van der Waals surface area contributed by atoms with Gasteiger partial charge in [0.05, 0.1) is 6.61 Å². The minimum atomic E-state index is 0.623. The molecular weight excluding hydrogens is 142 g/mol. The molecule has 0 N–H and O–H groups in total. The van der Waals surface area contributed by atoms with E-state index in [0.29, 0.717) is 6.42 Å². The number of methoxy groups -OCH3 is 1. The Morgan fingerprint density at radius 3 is 2.64 bits per heavy atom. The first-order valence-corrected chi connectivity index (χ1v) is 4.00. The van der Waals surface area contributed by atoms with E-state index in [9.17, 15) is 4.79 Å². The summed E-state index contributed by atoms with van der Waals surface area (Å²) in [6.45, 7) is 5.58. The van der Waals surface area contributed by atoms with Crippen molar-refractivity contribution < 1.29 is 9.53 Å². The summed E-state index contributed by atoms with van der Waals surface area (Å²) in [5, 5.41) is 0. The maximum atomic E-state index is 10.0. The van der Waals surface area contributed by atoms with E-state index in [4.69, 9.17) is 4.74 Å². The molecule has 66 valence electrons. The van der Waals surface area contributed by atoms with Gasteiger partial charge in [0.25, 0.3) is 0 Å². The van der Waals surface area contributed by atoms with Gasteiger partial charge in [-0.3, -0.25) is 0 Å². The van der Waals surface area contributed by atoms with Crippen LogP contribution in [0.3, 0.4) is 0 Å². The maximum Gasteiger partial charge on any atom is 0.121 e. The third-order valence-corrected chi connectivity index (χ3v) is 1.62. The second-order valence-electron chi connectivity index (χ2n) is 2.38. The van der Waals surface area contributed by atoms with Crippen LogP contribution in [0.15, 0.2) is 0 Å². The molecule has 0 amide bonds. The van der Waals surface area contributed by atoms with Crippen molar-refractivity contribution in [2.75, 3.05) is 33.4 Å². The van der Waals surface area contributed by atoms with Crippen LogP contribution in [0.2, 0.25) is 0 Å². The average Bonchev–Trinajstić information content (AvgIpc) is 2.05. The van der Waals surface area contributed by atoms with Gasteiger partial charge in [-0.15, -0.1) is 0 Å². The Hall–Kier alpha value is -0.410. The Morgan fingerprint density at radius 1 is 1.45 bits per heavy atom. The van der Waals surface area contributed by atoms with E-state index >= 15 is 0 Å². The van der Waals surface area contributed by atoms with Crippen LogP contribution in [0.25, 0.3) is 0 Å². The normalized spacial score (nSPS) is 10.5. The van der Waals surface area contributed by atoms with Crippen LogP contribution in [-0.2, 0) is 9.53 Å². The molecule has 0 aromatic rings. The lowest BCUT2D eigenvalue weighted by Crippen LogP contribution is -2.28. The molecule has 0 fully saturated rings. The molecule has 0 radical (unpaired) electrons. The van der Waals surface area contributed by atoms with E-state index in [-0.39, 0.29) is 0 Å². The van der Waals surface area contributed by atoms with Gasteiger partial charge in [0.15, 0.2) is 0 Å². The quantitative estimate of drug-likeness (QED) is 0.508. The van der Waals surface area contributed by atoms with Gasteiger partial charge in [0.2, 0.25) is 0 Å². The smallest absolute Gasteiger partial charge is 0.121 e. The number of hydrogen-bond donors (Lipinski definition) is 0. The summed E-state index contributed by atoms with van der Waals surface area (Å²) in [7, 11) is 1.69. The van der Waals surface area contributed by atoms with Gasteiger partial charge >= 0.3 is 0 Å². The van der Waals surface area contributed by atoms with Gasteiger partial charge in [-0.25, -0.2) is 0 Å². The zero-order valence-corrected chi connectivity index (χ0v) is 7.38. The lowest BCUT2D eigenvalue weighted by molar-refractivity contribution is -0.108. The van der Waals surface area contributed by atoms with Gasteiger partial charge in [-0.2, -0.15) is 0 Å². The molecule has 0 spiro atoms. The number of carbonyl (C=O) groups excluding carboxylic acids is 1. The summed E-state index contributed by atoms with van der Waals surface area (Å²) in [4.78, 5) is 12.2. The number of ether oxygens (including phenoxy) is 1. The summed E-state index contributed by atoms with van der Waals surface area (Å²) in [5.74, 6) is 0. The first-order chi connectivity index (χ1) is 5.35. The predicted octanol–water partition coefficient (Wildman–Crippen LogP) is 0.544. The van der Waals surface area contributed by atoms with Crippen molar-refractivity contribution in [1.29, 1.82) is 0 Å². The summed E-state index contributed by atoms with van der Waals surface area (Å²) >= 11 is 0. The Bertz CT molecular complexity index is 96.1. The van der Waals surface area contributed by atoms with Gasteiger partial charge < -0.3 is 14.4 Å². The SMILES string of the molecule is CCN(CCC=O)CCOC. The number of hydrogen-bond acceptors (Lipinski definition) is 3. The molecule has 0 unspecified atom stereocenters. The van der Waals surface area contributed by atoms with Crippen molar-refractivity contribution in [1.82, 2.24) is 4.90 Å². The molecule has 0 aromatic carbocycles. The van der Waals surface area contributed by atoms with Crippen LogP contribution in [0.4, 0.5) is 0 Å². The first-order valence-electron chi connectivity index (χ1n) is 4.00. The van der Waals surface area contributed by atoms with E-state index in [2.05, 4.69) is 11.8 Å². The van der Waals surface area contributed by atoms with Gasteiger partial charge in [-0.05, 0) is 6.54 Å². The highest BCUT2D eigenvalue weighted by Crippen LogP contribution is 1.88. The highest BCUT2D eigenvalue weighted by atomic mass is 16.5. The van der Waals surface area contributed by atoms with Crippen molar-refractivity contribution in [3.05, 3.63) is 0 Å². The van der Waals surface area contributed by atoms with Gasteiger partial charge in [0, 0.05) is 26.6 Å². The topological polar surface area (TPSA) is 29.5 Å². The summed E-state index contributed by atoms with van der Waals surface area (Å²) < 4.78 is 4.92. The minimum absolute atomic E-state index is 0.623. The van der Waals surface area contributed by atoms with Crippen molar-refractivity contribution in [2.24, 2.45) is 0 Å². The highest BCUT2D eigenvalue weighted by Gasteiger charge is 1.99. The van der Waals surface area contributed by atoms with E-state index in [1.165, 1.54) is 0 Å². The van der Waals surface area contributed by atoms with Crippen LogP contribution < -0.4 is 0 Å². The summed E-state index contributed by atoms with van der Waals surface area (Å²) in [6.07, 6.45) is 1.58. The molecule has 3 heteroatoms. The number of carbonyl (C=O) groups is 1. The Kier molecular flexibility index (Phi) is 7.41. The molecule has 3 nitrogen and oxygen atoms in total. The third-order valence-electron chi connectivity index (χ3n) is 1.62. The number of aldehydes is 1. The molecule has 0 saturated carbocycles. The fourth-order valence-electron chi connectivity index (χ4n) is 0.884.